The van der Waals surface area contributed by atoms with Crippen LogP contribution in [0.5, 0.6) is 5.75 Å². The molecule has 0 spiro atoms. The molecule has 0 bridgehead atoms. The molecule has 2 N–H and O–H groups in total. The van der Waals surface area contributed by atoms with Gasteiger partial charge < -0.3 is 10.4 Å². The number of phenolic OH excluding ortho intramolecular Hbond substituents is 1. The van der Waals surface area contributed by atoms with E-state index in [1.807, 2.05) is 12.1 Å². The van der Waals surface area contributed by atoms with Gasteiger partial charge in [0.1, 0.15) is 5.75 Å². The molecular formula is C14H21NO. The Bertz CT molecular complexity index is 356. The minimum Gasteiger partial charge on any atom is -0.508 e. The molecule has 1 aliphatic rings. The summed E-state index contributed by atoms with van der Waals surface area (Å²) in [5.41, 5.74) is 1.76. The van der Waals surface area contributed by atoms with Gasteiger partial charge >= 0.3 is 0 Å². The maximum atomic E-state index is 9.20. The topological polar surface area (TPSA) is 32.3 Å². The van der Waals surface area contributed by atoms with E-state index in [1.54, 1.807) is 12.1 Å². The Kier molecular flexibility index (Phi) is 2.94. The van der Waals surface area contributed by atoms with Crippen molar-refractivity contribution in [2.75, 3.05) is 0 Å². The molecule has 0 saturated heterocycles. The van der Waals surface area contributed by atoms with Crippen LogP contribution in [0.15, 0.2) is 24.3 Å². The Labute approximate surface area is 97.7 Å². The van der Waals surface area contributed by atoms with Crippen LogP contribution in [-0.4, -0.2) is 17.2 Å². The van der Waals surface area contributed by atoms with E-state index in [0.29, 0.717) is 23.2 Å². The molecule has 1 aromatic rings. The number of aromatic hydroxyl groups is 1. The third kappa shape index (κ3) is 2.76. The maximum absolute atomic E-state index is 9.20. The SMILES string of the molecule is CC(Cc1ccc(O)cc1)NC1CC1(C)C. The predicted molar refractivity (Wildman–Crippen MR) is 66.6 cm³/mol. The van der Waals surface area contributed by atoms with Crippen LogP contribution in [0.1, 0.15) is 32.8 Å². The molecule has 2 unspecified atom stereocenters. The maximum Gasteiger partial charge on any atom is 0.115 e. The first-order valence-electron chi connectivity index (χ1n) is 6.01. The van der Waals surface area contributed by atoms with Crippen LogP contribution in [0.25, 0.3) is 0 Å². The Morgan fingerprint density at radius 1 is 1.38 bits per heavy atom. The molecule has 2 nitrogen and oxygen atoms in total. The van der Waals surface area contributed by atoms with Crippen molar-refractivity contribution in [3.8, 4) is 5.75 Å². The first-order chi connectivity index (χ1) is 7.47. The van der Waals surface area contributed by atoms with Crippen molar-refractivity contribution < 1.29 is 5.11 Å². The lowest BCUT2D eigenvalue weighted by Crippen LogP contribution is -2.32. The van der Waals surface area contributed by atoms with Crippen LogP contribution < -0.4 is 5.32 Å². The average molecular weight is 219 g/mol. The molecule has 2 heteroatoms. The van der Waals surface area contributed by atoms with Crippen molar-refractivity contribution in [1.82, 2.24) is 5.32 Å². The third-order valence-corrected chi connectivity index (χ3v) is 3.48. The molecule has 0 radical (unpaired) electrons. The Hall–Kier alpha value is -1.02. The molecule has 0 heterocycles. The van der Waals surface area contributed by atoms with E-state index < -0.39 is 0 Å². The zero-order chi connectivity index (χ0) is 11.8. The smallest absolute Gasteiger partial charge is 0.115 e. The summed E-state index contributed by atoms with van der Waals surface area (Å²) < 4.78 is 0. The quantitative estimate of drug-likeness (QED) is 0.816. The van der Waals surface area contributed by atoms with Gasteiger partial charge in [-0.15, -0.1) is 0 Å². The summed E-state index contributed by atoms with van der Waals surface area (Å²) in [5, 5.41) is 12.8. The predicted octanol–water partition coefficient (Wildman–Crippen LogP) is 2.71. The number of nitrogens with one attached hydrogen (secondary N) is 1. The van der Waals surface area contributed by atoms with Crippen LogP contribution in [0, 0.1) is 5.41 Å². The van der Waals surface area contributed by atoms with Gasteiger partial charge in [0, 0.05) is 12.1 Å². The molecule has 2 atom stereocenters. The first kappa shape index (κ1) is 11.5. The van der Waals surface area contributed by atoms with Crippen LogP contribution in [-0.2, 0) is 6.42 Å². The van der Waals surface area contributed by atoms with Gasteiger partial charge in [0.25, 0.3) is 0 Å². The monoisotopic (exact) mass is 219 g/mol. The van der Waals surface area contributed by atoms with E-state index in [2.05, 4.69) is 26.1 Å². The Balaban J connectivity index is 1.83. The van der Waals surface area contributed by atoms with E-state index in [4.69, 9.17) is 0 Å². The molecule has 1 aromatic carbocycles. The van der Waals surface area contributed by atoms with Crippen LogP contribution in [0.4, 0.5) is 0 Å². The first-order valence-corrected chi connectivity index (χ1v) is 6.01. The Morgan fingerprint density at radius 3 is 2.44 bits per heavy atom. The number of hydrogen-bond donors (Lipinski definition) is 2. The molecule has 0 amide bonds. The summed E-state index contributed by atoms with van der Waals surface area (Å²) in [6.07, 6.45) is 2.31. The lowest BCUT2D eigenvalue weighted by atomic mass is 10.1. The van der Waals surface area contributed by atoms with E-state index in [0.717, 1.165) is 6.42 Å². The van der Waals surface area contributed by atoms with E-state index in [9.17, 15) is 5.11 Å². The van der Waals surface area contributed by atoms with Crippen LogP contribution in [0.2, 0.25) is 0 Å². The summed E-state index contributed by atoms with van der Waals surface area (Å²) in [5.74, 6) is 0.340. The van der Waals surface area contributed by atoms with Gasteiger partial charge in [-0.1, -0.05) is 26.0 Å². The number of benzene rings is 1. The van der Waals surface area contributed by atoms with Gasteiger partial charge in [0.2, 0.25) is 0 Å². The summed E-state index contributed by atoms with van der Waals surface area (Å²) in [6.45, 7) is 6.83. The largest absolute Gasteiger partial charge is 0.508 e. The molecule has 2 rings (SSSR count). The fourth-order valence-corrected chi connectivity index (χ4v) is 2.14. The number of phenols is 1. The minimum atomic E-state index is 0.340. The van der Waals surface area contributed by atoms with Crippen molar-refractivity contribution >= 4 is 0 Å². The van der Waals surface area contributed by atoms with Crippen molar-refractivity contribution in [1.29, 1.82) is 0 Å². The summed E-state index contributed by atoms with van der Waals surface area (Å²) in [6, 6.07) is 8.67. The lowest BCUT2D eigenvalue weighted by molar-refractivity contribution is 0.471. The van der Waals surface area contributed by atoms with Gasteiger partial charge in [-0.2, -0.15) is 0 Å². The normalized spacial score (nSPS) is 24.1. The van der Waals surface area contributed by atoms with E-state index >= 15 is 0 Å². The standard InChI is InChI=1S/C14H21NO/c1-10(15-13-9-14(13,2)3)8-11-4-6-12(16)7-5-11/h4-7,10,13,15-16H,8-9H2,1-3H3. The van der Waals surface area contributed by atoms with Crippen molar-refractivity contribution in [3.63, 3.8) is 0 Å². The van der Waals surface area contributed by atoms with E-state index in [1.165, 1.54) is 12.0 Å². The molecule has 0 aromatic heterocycles. The zero-order valence-corrected chi connectivity index (χ0v) is 10.3. The fraction of sp³-hybridized carbons (Fsp3) is 0.571. The second-order valence-corrected chi connectivity index (χ2v) is 5.68. The molecular weight excluding hydrogens is 198 g/mol. The summed E-state index contributed by atoms with van der Waals surface area (Å²) in [4.78, 5) is 0. The van der Waals surface area contributed by atoms with Gasteiger partial charge in [-0.05, 0) is 42.9 Å². The average Bonchev–Trinajstić information content (AvgIpc) is 2.77. The van der Waals surface area contributed by atoms with Gasteiger partial charge in [-0.3, -0.25) is 0 Å². The highest BCUT2D eigenvalue weighted by Gasteiger charge is 2.45. The summed E-state index contributed by atoms with van der Waals surface area (Å²) >= 11 is 0. The van der Waals surface area contributed by atoms with Crippen LogP contribution >= 0.6 is 0 Å². The minimum absolute atomic E-state index is 0.340. The van der Waals surface area contributed by atoms with Crippen LogP contribution in [0.3, 0.4) is 0 Å². The van der Waals surface area contributed by atoms with Crippen molar-refractivity contribution in [2.24, 2.45) is 5.41 Å². The fourth-order valence-electron chi connectivity index (χ4n) is 2.14. The molecule has 88 valence electrons. The Morgan fingerprint density at radius 2 is 1.94 bits per heavy atom. The molecule has 1 fully saturated rings. The molecule has 0 aliphatic heterocycles. The zero-order valence-electron chi connectivity index (χ0n) is 10.3. The summed E-state index contributed by atoms with van der Waals surface area (Å²) in [7, 11) is 0. The highest BCUT2D eigenvalue weighted by Crippen LogP contribution is 2.44. The number of hydrogen-bond acceptors (Lipinski definition) is 2. The third-order valence-electron chi connectivity index (χ3n) is 3.48. The highest BCUT2D eigenvalue weighted by molar-refractivity contribution is 5.26. The van der Waals surface area contributed by atoms with Gasteiger partial charge in [0.05, 0.1) is 0 Å². The number of rotatable bonds is 4. The van der Waals surface area contributed by atoms with Gasteiger partial charge in [0.15, 0.2) is 0 Å². The van der Waals surface area contributed by atoms with Gasteiger partial charge in [-0.25, -0.2) is 0 Å². The molecule has 16 heavy (non-hydrogen) atoms. The molecule has 1 aliphatic carbocycles. The lowest BCUT2D eigenvalue weighted by Gasteiger charge is -2.15. The molecule has 1 saturated carbocycles. The van der Waals surface area contributed by atoms with Crippen molar-refractivity contribution in [2.45, 2.75) is 45.7 Å². The van der Waals surface area contributed by atoms with Crippen molar-refractivity contribution in [3.05, 3.63) is 29.8 Å². The second kappa shape index (κ2) is 4.10. The van der Waals surface area contributed by atoms with E-state index in [-0.39, 0.29) is 0 Å². The highest BCUT2D eigenvalue weighted by atomic mass is 16.3. The second-order valence-electron chi connectivity index (χ2n) is 5.68.